The molecule has 0 aromatic carbocycles. The van der Waals surface area contributed by atoms with Crippen LogP contribution in [0.15, 0.2) is 24.8 Å². The van der Waals surface area contributed by atoms with E-state index in [-0.39, 0.29) is 5.97 Å². The van der Waals surface area contributed by atoms with E-state index in [1.807, 2.05) is 0 Å². The predicted octanol–water partition coefficient (Wildman–Crippen LogP) is 6.17. The molecule has 0 bridgehead atoms. The van der Waals surface area contributed by atoms with Crippen molar-refractivity contribution in [2.24, 2.45) is 11.8 Å². The van der Waals surface area contributed by atoms with E-state index in [0.29, 0.717) is 24.5 Å². The molecule has 0 aliphatic rings. The number of carbonyl (C=O) groups is 2. The van der Waals surface area contributed by atoms with Gasteiger partial charge in [0.15, 0.2) is 0 Å². The van der Waals surface area contributed by atoms with Gasteiger partial charge in [0.05, 0.1) is 6.61 Å². The van der Waals surface area contributed by atoms with E-state index >= 15 is 0 Å². The Hall–Kier alpha value is -1.58. The van der Waals surface area contributed by atoms with Crippen LogP contribution in [0.5, 0.6) is 0 Å². The van der Waals surface area contributed by atoms with E-state index in [4.69, 9.17) is 9.84 Å². The first-order chi connectivity index (χ1) is 12.2. The van der Waals surface area contributed by atoms with Crippen molar-refractivity contribution >= 4 is 11.9 Å². The standard InChI is InChI=1S/2C11H20O2/c1-4-11(12)13-9-7-5-6-8-10(2)3;1-4-5-6-7-9(2)8-10(3)11(12)13/h4,10H,1,5-9H2,2-3H3;9H,3-8H2,1-2H3,(H,12,13). The Morgan fingerprint density at radius 1 is 1.04 bits per heavy atom. The molecule has 1 unspecified atom stereocenters. The van der Waals surface area contributed by atoms with Gasteiger partial charge in [-0.15, -0.1) is 0 Å². The molecule has 1 atom stereocenters. The summed E-state index contributed by atoms with van der Waals surface area (Å²) in [5, 5.41) is 8.60. The molecule has 0 radical (unpaired) electrons. The third-order valence-corrected chi connectivity index (χ3v) is 4.03. The number of aliphatic carboxylic acids is 1. The molecule has 0 fully saturated rings. The minimum Gasteiger partial charge on any atom is -0.478 e. The van der Waals surface area contributed by atoms with Gasteiger partial charge in [0, 0.05) is 11.6 Å². The molecule has 0 aliphatic carbocycles. The molecule has 0 amide bonds. The number of esters is 1. The first-order valence-electron chi connectivity index (χ1n) is 9.94. The van der Waals surface area contributed by atoms with Crippen molar-refractivity contribution in [3.05, 3.63) is 24.8 Å². The fraction of sp³-hybridized carbons (Fsp3) is 0.727. The van der Waals surface area contributed by atoms with Crippen LogP contribution in [0.25, 0.3) is 0 Å². The van der Waals surface area contributed by atoms with Gasteiger partial charge in [0.1, 0.15) is 0 Å². The minimum absolute atomic E-state index is 0.316. The van der Waals surface area contributed by atoms with Crippen LogP contribution in [-0.2, 0) is 14.3 Å². The molecule has 0 aromatic heterocycles. The Morgan fingerprint density at radius 2 is 1.65 bits per heavy atom. The monoisotopic (exact) mass is 368 g/mol. The molecule has 0 aliphatic heterocycles. The quantitative estimate of drug-likeness (QED) is 0.226. The van der Waals surface area contributed by atoms with Crippen molar-refractivity contribution in [2.75, 3.05) is 6.61 Å². The molecule has 152 valence electrons. The molecular weight excluding hydrogens is 328 g/mol. The fourth-order valence-corrected chi connectivity index (χ4v) is 2.42. The average Bonchev–Trinajstić information content (AvgIpc) is 2.58. The molecule has 0 heterocycles. The highest BCUT2D eigenvalue weighted by atomic mass is 16.5. The summed E-state index contributed by atoms with van der Waals surface area (Å²) >= 11 is 0. The zero-order valence-corrected chi connectivity index (χ0v) is 17.4. The smallest absolute Gasteiger partial charge is 0.330 e. The molecule has 4 heteroatoms. The van der Waals surface area contributed by atoms with Crippen LogP contribution >= 0.6 is 0 Å². The highest BCUT2D eigenvalue weighted by Gasteiger charge is 2.09. The summed E-state index contributed by atoms with van der Waals surface area (Å²) in [6, 6.07) is 0. The van der Waals surface area contributed by atoms with Crippen LogP contribution in [-0.4, -0.2) is 23.7 Å². The van der Waals surface area contributed by atoms with Crippen LogP contribution in [0.2, 0.25) is 0 Å². The molecule has 0 aromatic rings. The summed E-state index contributed by atoms with van der Waals surface area (Å²) < 4.78 is 4.84. The Bertz CT molecular complexity index is 399. The van der Waals surface area contributed by atoms with Crippen LogP contribution in [0.1, 0.15) is 85.5 Å². The van der Waals surface area contributed by atoms with Gasteiger partial charge in [-0.05, 0) is 24.7 Å². The SMILES string of the molecule is C=C(CC(C)CCCCC)C(=O)O.C=CC(=O)OCCCCCC(C)C. The second-order valence-electron chi connectivity index (χ2n) is 7.33. The van der Waals surface area contributed by atoms with E-state index < -0.39 is 5.97 Å². The summed E-state index contributed by atoms with van der Waals surface area (Å²) in [6.07, 6.45) is 11.2. The van der Waals surface area contributed by atoms with Crippen LogP contribution in [0.4, 0.5) is 0 Å². The van der Waals surface area contributed by atoms with E-state index in [1.165, 1.54) is 38.2 Å². The first-order valence-corrected chi connectivity index (χ1v) is 9.94. The molecule has 0 spiro atoms. The molecule has 0 saturated heterocycles. The van der Waals surface area contributed by atoms with E-state index in [2.05, 4.69) is 40.9 Å². The summed E-state index contributed by atoms with van der Waals surface area (Å²) in [7, 11) is 0. The predicted molar refractivity (Wildman–Crippen MR) is 109 cm³/mol. The molecule has 1 N–H and O–H groups in total. The Morgan fingerprint density at radius 3 is 2.15 bits per heavy atom. The van der Waals surface area contributed by atoms with Gasteiger partial charge in [-0.2, -0.15) is 0 Å². The summed E-state index contributed by atoms with van der Waals surface area (Å²) in [4.78, 5) is 21.1. The Labute approximate surface area is 160 Å². The normalized spacial score (nSPS) is 11.3. The van der Waals surface area contributed by atoms with Gasteiger partial charge in [0.25, 0.3) is 0 Å². The summed E-state index contributed by atoms with van der Waals surface area (Å²) in [6.45, 7) is 16.1. The minimum atomic E-state index is -0.859. The highest BCUT2D eigenvalue weighted by molar-refractivity contribution is 5.85. The number of unbranched alkanes of at least 4 members (excludes halogenated alkanes) is 4. The lowest BCUT2D eigenvalue weighted by Crippen LogP contribution is -2.04. The van der Waals surface area contributed by atoms with Gasteiger partial charge in [-0.25, -0.2) is 9.59 Å². The Kier molecular flexibility index (Phi) is 18.7. The van der Waals surface area contributed by atoms with Crippen molar-refractivity contribution in [1.29, 1.82) is 0 Å². The second-order valence-corrected chi connectivity index (χ2v) is 7.33. The van der Waals surface area contributed by atoms with Gasteiger partial charge in [-0.3, -0.25) is 0 Å². The largest absolute Gasteiger partial charge is 0.478 e. The van der Waals surface area contributed by atoms with Crippen molar-refractivity contribution in [3.8, 4) is 0 Å². The number of rotatable bonds is 14. The maximum atomic E-state index is 10.6. The van der Waals surface area contributed by atoms with E-state index in [9.17, 15) is 9.59 Å². The molecule has 0 rings (SSSR count). The summed E-state index contributed by atoms with van der Waals surface area (Å²) in [5.41, 5.74) is 0.337. The van der Waals surface area contributed by atoms with Crippen LogP contribution in [0.3, 0.4) is 0 Å². The zero-order valence-electron chi connectivity index (χ0n) is 17.4. The third-order valence-electron chi connectivity index (χ3n) is 4.03. The Balaban J connectivity index is 0. The average molecular weight is 369 g/mol. The van der Waals surface area contributed by atoms with E-state index in [0.717, 1.165) is 25.2 Å². The van der Waals surface area contributed by atoms with E-state index in [1.54, 1.807) is 0 Å². The zero-order chi connectivity index (χ0) is 20.4. The molecule has 0 saturated carbocycles. The molecule has 4 nitrogen and oxygen atoms in total. The maximum absolute atomic E-state index is 10.6. The third kappa shape index (κ3) is 20.5. The van der Waals surface area contributed by atoms with Crippen molar-refractivity contribution < 1.29 is 19.4 Å². The summed E-state index contributed by atoms with van der Waals surface area (Å²) in [5.74, 6) is 0.0528. The van der Waals surface area contributed by atoms with Gasteiger partial charge >= 0.3 is 11.9 Å². The van der Waals surface area contributed by atoms with Gasteiger partial charge in [0.2, 0.25) is 0 Å². The van der Waals surface area contributed by atoms with Crippen molar-refractivity contribution in [2.45, 2.75) is 85.5 Å². The lowest BCUT2D eigenvalue weighted by molar-refractivity contribution is -0.138. The lowest BCUT2D eigenvalue weighted by atomic mass is 9.96. The highest BCUT2D eigenvalue weighted by Crippen LogP contribution is 2.17. The number of carboxylic acid groups (broad SMARTS) is 1. The maximum Gasteiger partial charge on any atom is 0.330 e. The second kappa shape index (κ2) is 18.2. The molecular formula is C22H40O4. The number of carboxylic acids is 1. The van der Waals surface area contributed by atoms with Crippen molar-refractivity contribution in [1.82, 2.24) is 0 Å². The van der Waals surface area contributed by atoms with Gasteiger partial charge < -0.3 is 9.84 Å². The van der Waals surface area contributed by atoms with Gasteiger partial charge in [-0.1, -0.05) is 85.8 Å². The van der Waals surface area contributed by atoms with Crippen LogP contribution in [0, 0.1) is 11.8 Å². The van der Waals surface area contributed by atoms with Crippen molar-refractivity contribution in [3.63, 3.8) is 0 Å². The first kappa shape index (κ1) is 26.6. The number of hydrogen-bond donors (Lipinski definition) is 1. The number of hydrogen-bond acceptors (Lipinski definition) is 3. The lowest BCUT2D eigenvalue weighted by Gasteiger charge is -2.10. The fourth-order valence-electron chi connectivity index (χ4n) is 2.42. The molecule has 26 heavy (non-hydrogen) atoms. The number of carbonyl (C=O) groups excluding carboxylic acids is 1. The topological polar surface area (TPSA) is 63.6 Å². The van der Waals surface area contributed by atoms with Crippen LogP contribution < -0.4 is 0 Å². The number of ether oxygens (including phenoxy) is 1.